The van der Waals surface area contributed by atoms with Gasteiger partial charge in [0.1, 0.15) is 0 Å². The number of rotatable bonds is 6. The first kappa shape index (κ1) is 15.9. The molecule has 1 fully saturated rings. The van der Waals surface area contributed by atoms with Crippen molar-refractivity contribution in [1.29, 1.82) is 0 Å². The van der Waals surface area contributed by atoms with Crippen LogP contribution in [0.4, 0.5) is 0 Å². The van der Waals surface area contributed by atoms with Gasteiger partial charge in [-0.15, -0.1) is 0 Å². The molecule has 1 saturated carbocycles. The fraction of sp³-hybridized carbons (Fsp3) is 0.846. The molecule has 0 aromatic carbocycles. The van der Waals surface area contributed by atoms with Crippen molar-refractivity contribution in [3.8, 4) is 0 Å². The Balaban J connectivity index is 2.34. The lowest BCUT2D eigenvalue weighted by atomic mass is 9.76. The van der Waals surface area contributed by atoms with Crippen molar-refractivity contribution in [2.24, 2.45) is 11.8 Å². The van der Waals surface area contributed by atoms with E-state index in [0.29, 0.717) is 19.3 Å². The predicted molar refractivity (Wildman–Crippen MR) is 68.4 cm³/mol. The summed E-state index contributed by atoms with van der Waals surface area (Å²) < 4.78 is 0. The number of carboxylic acid groups (broad SMARTS) is 1. The van der Waals surface area contributed by atoms with Gasteiger partial charge in [-0.2, -0.15) is 0 Å². The molecule has 6 nitrogen and oxygen atoms in total. The van der Waals surface area contributed by atoms with Crippen LogP contribution < -0.4 is 5.32 Å². The summed E-state index contributed by atoms with van der Waals surface area (Å²) in [4.78, 5) is 22.0. The minimum absolute atomic E-state index is 0.00233. The maximum absolute atomic E-state index is 11.0. The Morgan fingerprint density at radius 3 is 2.47 bits per heavy atom. The summed E-state index contributed by atoms with van der Waals surface area (Å²) in [6.45, 7) is 0. The molecule has 0 radical (unpaired) electrons. The Bertz CT molecular complexity index is 320. The van der Waals surface area contributed by atoms with Gasteiger partial charge in [-0.25, -0.2) is 0 Å². The average Bonchev–Trinajstić information content (AvgIpc) is 2.37. The van der Waals surface area contributed by atoms with E-state index in [1.807, 2.05) is 0 Å². The largest absolute Gasteiger partial charge is 0.481 e. The lowest BCUT2D eigenvalue weighted by Gasteiger charge is -2.34. The summed E-state index contributed by atoms with van der Waals surface area (Å²) in [7, 11) is 1.60. The number of hydrogen-bond donors (Lipinski definition) is 4. The van der Waals surface area contributed by atoms with Gasteiger partial charge < -0.3 is 20.6 Å². The maximum atomic E-state index is 11.0. The first-order chi connectivity index (χ1) is 8.95. The molecule has 4 N–H and O–H groups in total. The fourth-order valence-corrected chi connectivity index (χ4v) is 2.67. The molecule has 1 rings (SSSR count). The van der Waals surface area contributed by atoms with E-state index in [2.05, 4.69) is 5.32 Å². The molecular formula is C13H23NO5. The van der Waals surface area contributed by atoms with Crippen LogP contribution in [0.2, 0.25) is 0 Å². The van der Waals surface area contributed by atoms with Gasteiger partial charge >= 0.3 is 5.97 Å². The van der Waals surface area contributed by atoms with Crippen LogP contribution in [0.25, 0.3) is 0 Å². The van der Waals surface area contributed by atoms with Crippen molar-refractivity contribution in [2.45, 2.75) is 50.7 Å². The Hall–Kier alpha value is -1.14. The highest BCUT2D eigenvalue weighted by atomic mass is 16.4. The minimum Gasteiger partial charge on any atom is -0.481 e. The second-order valence-electron chi connectivity index (χ2n) is 5.26. The predicted octanol–water partition coefficient (Wildman–Crippen LogP) is 0.125. The molecule has 6 heteroatoms. The van der Waals surface area contributed by atoms with Gasteiger partial charge in [0.15, 0.2) is 0 Å². The number of hydrogen-bond acceptors (Lipinski definition) is 4. The lowest BCUT2D eigenvalue weighted by molar-refractivity contribution is -0.154. The van der Waals surface area contributed by atoms with Crippen LogP contribution >= 0.6 is 0 Å². The Morgan fingerprint density at radius 1 is 1.21 bits per heavy atom. The number of carbonyl (C=O) groups excluding carboxylic acids is 1. The Morgan fingerprint density at radius 2 is 1.89 bits per heavy atom. The number of aliphatic hydroxyl groups excluding tert-OH is 2. The summed E-state index contributed by atoms with van der Waals surface area (Å²) in [6, 6.07) is 0. The molecule has 1 aliphatic carbocycles. The van der Waals surface area contributed by atoms with Gasteiger partial charge in [-0.1, -0.05) is 12.8 Å². The second-order valence-corrected chi connectivity index (χ2v) is 5.26. The Labute approximate surface area is 112 Å². The van der Waals surface area contributed by atoms with Crippen LogP contribution in [-0.4, -0.2) is 46.5 Å². The molecule has 0 heterocycles. The maximum Gasteiger partial charge on any atom is 0.309 e. The zero-order valence-corrected chi connectivity index (χ0v) is 11.2. The molecule has 4 unspecified atom stereocenters. The van der Waals surface area contributed by atoms with Gasteiger partial charge in [0.05, 0.1) is 18.1 Å². The molecule has 4 atom stereocenters. The highest BCUT2D eigenvalue weighted by molar-refractivity contribution is 5.75. The minimum atomic E-state index is -1.17. The fourth-order valence-electron chi connectivity index (χ4n) is 2.67. The van der Waals surface area contributed by atoms with Crippen molar-refractivity contribution in [3.63, 3.8) is 0 Å². The molecular weight excluding hydrogens is 250 g/mol. The summed E-state index contributed by atoms with van der Waals surface area (Å²) in [5.74, 6) is -1.83. The third kappa shape index (κ3) is 4.80. The number of amides is 1. The average molecular weight is 273 g/mol. The zero-order valence-electron chi connectivity index (χ0n) is 11.2. The standard InChI is InChI=1S/C13H23NO5/c1-14-11(16)5-3-2-4-8-6-9(13(18)19)12(17)10(15)7-8/h8-10,12,15,17H,2-7H2,1H3,(H,14,16)(H,18,19). The number of carboxylic acids is 1. The third-order valence-corrected chi connectivity index (χ3v) is 3.83. The highest BCUT2D eigenvalue weighted by Gasteiger charge is 2.39. The van der Waals surface area contributed by atoms with Crippen molar-refractivity contribution < 1.29 is 24.9 Å². The van der Waals surface area contributed by atoms with Crippen molar-refractivity contribution in [1.82, 2.24) is 5.32 Å². The van der Waals surface area contributed by atoms with Gasteiger partial charge in [0.2, 0.25) is 5.91 Å². The van der Waals surface area contributed by atoms with E-state index in [4.69, 9.17) is 5.11 Å². The van der Waals surface area contributed by atoms with Crippen LogP contribution in [0.3, 0.4) is 0 Å². The lowest BCUT2D eigenvalue weighted by Crippen LogP contribution is -2.44. The molecule has 0 aromatic heterocycles. The van der Waals surface area contributed by atoms with E-state index in [1.165, 1.54) is 0 Å². The normalized spacial score (nSPS) is 30.9. The van der Waals surface area contributed by atoms with E-state index in [9.17, 15) is 19.8 Å². The van der Waals surface area contributed by atoms with E-state index < -0.39 is 24.1 Å². The first-order valence-corrected chi connectivity index (χ1v) is 6.75. The van der Waals surface area contributed by atoms with E-state index in [-0.39, 0.29) is 11.8 Å². The molecule has 0 saturated heterocycles. The van der Waals surface area contributed by atoms with Crippen LogP contribution in [0.15, 0.2) is 0 Å². The van der Waals surface area contributed by atoms with Crippen molar-refractivity contribution in [2.75, 3.05) is 7.05 Å². The number of aliphatic carboxylic acids is 1. The van der Waals surface area contributed by atoms with Gasteiger partial charge in [-0.05, 0) is 25.2 Å². The van der Waals surface area contributed by atoms with Crippen LogP contribution in [-0.2, 0) is 9.59 Å². The monoisotopic (exact) mass is 273 g/mol. The summed E-state index contributed by atoms with van der Waals surface area (Å²) >= 11 is 0. The summed E-state index contributed by atoms with van der Waals surface area (Å²) in [6.07, 6.45) is 1.54. The van der Waals surface area contributed by atoms with Crippen molar-refractivity contribution >= 4 is 11.9 Å². The molecule has 1 amide bonds. The SMILES string of the molecule is CNC(=O)CCCCC1CC(O)C(O)C(C(=O)O)C1. The van der Waals surface area contributed by atoms with Crippen LogP contribution in [0.5, 0.6) is 0 Å². The second kappa shape index (κ2) is 7.45. The summed E-state index contributed by atoms with van der Waals surface area (Å²) in [5, 5.41) is 30.8. The molecule has 0 bridgehead atoms. The molecule has 1 aliphatic rings. The molecule has 0 aromatic rings. The molecule has 0 spiro atoms. The number of carbonyl (C=O) groups is 2. The van der Waals surface area contributed by atoms with E-state index >= 15 is 0 Å². The van der Waals surface area contributed by atoms with E-state index in [0.717, 1.165) is 19.3 Å². The quantitative estimate of drug-likeness (QED) is 0.514. The zero-order chi connectivity index (χ0) is 14.4. The van der Waals surface area contributed by atoms with E-state index in [1.54, 1.807) is 7.05 Å². The molecule has 19 heavy (non-hydrogen) atoms. The third-order valence-electron chi connectivity index (χ3n) is 3.83. The topological polar surface area (TPSA) is 107 Å². The van der Waals surface area contributed by atoms with Gasteiger partial charge in [-0.3, -0.25) is 9.59 Å². The highest BCUT2D eigenvalue weighted by Crippen LogP contribution is 2.33. The molecule has 0 aliphatic heterocycles. The Kier molecular flexibility index (Phi) is 6.24. The number of aliphatic hydroxyl groups is 2. The molecule has 110 valence electrons. The number of unbranched alkanes of at least 4 members (excludes halogenated alkanes) is 1. The first-order valence-electron chi connectivity index (χ1n) is 6.75. The summed E-state index contributed by atoms with van der Waals surface area (Å²) in [5.41, 5.74) is 0. The smallest absolute Gasteiger partial charge is 0.309 e. The van der Waals surface area contributed by atoms with Gasteiger partial charge in [0.25, 0.3) is 0 Å². The van der Waals surface area contributed by atoms with Crippen molar-refractivity contribution in [3.05, 3.63) is 0 Å². The van der Waals surface area contributed by atoms with Crippen LogP contribution in [0.1, 0.15) is 38.5 Å². The number of nitrogens with one attached hydrogen (secondary N) is 1. The van der Waals surface area contributed by atoms with Gasteiger partial charge in [0, 0.05) is 13.5 Å². The van der Waals surface area contributed by atoms with Crippen LogP contribution in [0, 0.1) is 11.8 Å².